The quantitative estimate of drug-likeness (QED) is 0.683. The lowest BCUT2D eigenvalue weighted by Crippen LogP contribution is -2.49. The van der Waals surface area contributed by atoms with Gasteiger partial charge in [0.05, 0.1) is 16.0 Å². The third-order valence-electron chi connectivity index (χ3n) is 5.13. The van der Waals surface area contributed by atoms with Gasteiger partial charge in [-0.1, -0.05) is 6.07 Å². The minimum Gasteiger partial charge on any atom is -0.352 e. The molecule has 0 bridgehead atoms. The number of rotatable bonds is 2. The molecule has 0 spiro atoms. The largest absolute Gasteiger partial charge is 0.352 e. The molecule has 27 heavy (non-hydrogen) atoms. The number of nitriles is 1. The number of carbonyl (C=O) groups excluding carboxylic acids is 1. The number of hydrogen-bond donors (Lipinski definition) is 0. The fourth-order valence-electron chi connectivity index (χ4n) is 3.43. The second-order valence-electron chi connectivity index (χ2n) is 6.86. The van der Waals surface area contributed by atoms with E-state index >= 15 is 0 Å². The van der Waals surface area contributed by atoms with E-state index in [9.17, 15) is 10.1 Å². The van der Waals surface area contributed by atoms with E-state index in [4.69, 9.17) is 4.98 Å². The number of aryl methyl sites for hydroxylation is 2. The number of pyridine rings is 1. The monoisotopic (exact) mass is 376 g/mol. The van der Waals surface area contributed by atoms with Gasteiger partial charge in [0.1, 0.15) is 11.9 Å². The number of fused-ring (bicyclic) bond motifs is 1. The highest BCUT2D eigenvalue weighted by Gasteiger charge is 2.25. The highest BCUT2D eigenvalue weighted by molar-refractivity contribution is 7.12. The van der Waals surface area contributed by atoms with Crippen LogP contribution in [-0.4, -0.2) is 42.0 Å². The van der Waals surface area contributed by atoms with Crippen LogP contribution in [0.4, 0.5) is 5.82 Å². The summed E-state index contributed by atoms with van der Waals surface area (Å²) in [6.45, 7) is 6.76. The zero-order chi connectivity index (χ0) is 19.0. The summed E-state index contributed by atoms with van der Waals surface area (Å²) in [5, 5.41) is 12.5. The Labute approximate surface area is 162 Å². The van der Waals surface area contributed by atoms with Crippen LogP contribution in [0.2, 0.25) is 0 Å². The van der Waals surface area contributed by atoms with Crippen molar-refractivity contribution in [3.63, 3.8) is 0 Å². The van der Waals surface area contributed by atoms with E-state index in [0.717, 1.165) is 21.6 Å². The molecular weight excluding hydrogens is 356 g/mol. The molecule has 5 nitrogen and oxygen atoms in total. The first-order valence-electron chi connectivity index (χ1n) is 8.96. The van der Waals surface area contributed by atoms with Crippen molar-refractivity contribution in [1.29, 1.82) is 5.26 Å². The van der Waals surface area contributed by atoms with E-state index in [1.54, 1.807) is 0 Å². The van der Waals surface area contributed by atoms with Gasteiger partial charge in [-0.2, -0.15) is 5.26 Å². The van der Waals surface area contributed by atoms with Crippen LogP contribution in [-0.2, 0) is 0 Å². The molecule has 1 aromatic carbocycles. The molecule has 2 aromatic heterocycles. The van der Waals surface area contributed by atoms with Gasteiger partial charge in [0.2, 0.25) is 0 Å². The van der Waals surface area contributed by atoms with E-state index < -0.39 is 0 Å². The normalized spacial score (nSPS) is 14.4. The number of thiophene rings is 1. The van der Waals surface area contributed by atoms with Crippen LogP contribution in [0.5, 0.6) is 0 Å². The van der Waals surface area contributed by atoms with Crippen molar-refractivity contribution in [2.24, 2.45) is 0 Å². The van der Waals surface area contributed by atoms with E-state index in [2.05, 4.69) is 36.9 Å². The molecule has 3 heterocycles. The van der Waals surface area contributed by atoms with Crippen molar-refractivity contribution in [1.82, 2.24) is 9.88 Å². The lowest BCUT2D eigenvalue weighted by atomic mass is 10.0. The van der Waals surface area contributed by atoms with Gasteiger partial charge in [-0.25, -0.2) is 4.98 Å². The van der Waals surface area contributed by atoms with Crippen molar-refractivity contribution >= 4 is 34.0 Å². The van der Waals surface area contributed by atoms with Crippen LogP contribution < -0.4 is 4.90 Å². The van der Waals surface area contributed by atoms with Crippen LogP contribution in [0.1, 0.15) is 26.4 Å². The predicted molar refractivity (Wildman–Crippen MR) is 108 cm³/mol. The number of aromatic nitrogens is 1. The number of anilines is 1. The molecular formula is C21H20N4OS. The Morgan fingerprint density at radius 1 is 1.15 bits per heavy atom. The van der Waals surface area contributed by atoms with Crippen molar-refractivity contribution < 1.29 is 4.79 Å². The third kappa shape index (κ3) is 3.26. The number of piperazine rings is 1. The lowest BCUT2D eigenvalue weighted by Gasteiger charge is -2.35. The van der Waals surface area contributed by atoms with Crippen LogP contribution in [0, 0.1) is 25.2 Å². The van der Waals surface area contributed by atoms with Crippen LogP contribution in [0.25, 0.3) is 10.9 Å². The van der Waals surface area contributed by atoms with Crippen LogP contribution >= 0.6 is 11.3 Å². The minimum atomic E-state index is 0.0859. The van der Waals surface area contributed by atoms with Gasteiger partial charge in [-0.3, -0.25) is 4.79 Å². The fraction of sp³-hybridized carbons (Fsp3) is 0.286. The molecule has 136 valence electrons. The Kier molecular flexibility index (Phi) is 4.54. The maximum Gasteiger partial charge on any atom is 0.264 e. The highest BCUT2D eigenvalue weighted by atomic mass is 32.1. The number of amides is 1. The van der Waals surface area contributed by atoms with Gasteiger partial charge in [-0.05, 0) is 54.6 Å². The van der Waals surface area contributed by atoms with Crippen molar-refractivity contribution in [3.8, 4) is 6.07 Å². The zero-order valence-corrected chi connectivity index (χ0v) is 16.2. The third-order valence-corrected chi connectivity index (χ3v) is 5.99. The van der Waals surface area contributed by atoms with Gasteiger partial charge in [0, 0.05) is 31.6 Å². The molecule has 0 radical (unpaired) electrons. The smallest absolute Gasteiger partial charge is 0.264 e. The Hall–Kier alpha value is -2.91. The second-order valence-corrected chi connectivity index (χ2v) is 7.80. The average Bonchev–Trinajstić information content (AvgIpc) is 3.22. The Bertz CT molecular complexity index is 1040. The first-order valence-corrected chi connectivity index (χ1v) is 9.84. The maximum absolute atomic E-state index is 12.5. The topological polar surface area (TPSA) is 60.2 Å². The summed E-state index contributed by atoms with van der Waals surface area (Å²) in [6, 6.07) is 12.1. The molecule has 1 aliphatic rings. The molecule has 4 rings (SSSR count). The average molecular weight is 376 g/mol. The molecule has 1 amide bonds. The lowest BCUT2D eigenvalue weighted by molar-refractivity contribution is 0.0751. The standard InChI is InChI=1S/C21H20N4OS/c1-14-10-16-12-17(13-22)20(23-18(16)11-15(14)2)24-5-7-25(8-6-24)21(26)19-4-3-9-27-19/h3-4,9-12H,5-8H2,1-2H3. The number of hydrogen-bond acceptors (Lipinski definition) is 5. The summed E-state index contributed by atoms with van der Waals surface area (Å²) in [6.07, 6.45) is 0. The molecule has 0 N–H and O–H groups in total. The maximum atomic E-state index is 12.5. The van der Waals surface area contributed by atoms with E-state index in [1.165, 1.54) is 22.5 Å². The summed E-state index contributed by atoms with van der Waals surface area (Å²) >= 11 is 1.47. The summed E-state index contributed by atoms with van der Waals surface area (Å²) in [5.74, 6) is 0.805. The predicted octanol–water partition coefficient (Wildman–Crippen LogP) is 3.75. The Morgan fingerprint density at radius 2 is 1.89 bits per heavy atom. The van der Waals surface area contributed by atoms with Crippen molar-refractivity contribution in [3.05, 3.63) is 57.3 Å². The van der Waals surface area contributed by atoms with Crippen molar-refractivity contribution in [2.45, 2.75) is 13.8 Å². The minimum absolute atomic E-state index is 0.0859. The first-order chi connectivity index (χ1) is 13.1. The summed E-state index contributed by atoms with van der Waals surface area (Å²) in [5.41, 5.74) is 3.88. The molecule has 1 aliphatic heterocycles. The van der Waals surface area contributed by atoms with E-state index in [-0.39, 0.29) is 5.91 Å². The van der Waals surface area contributed by atoms with Gasteiger partial charge < -0.3 is 9.80 Å². The molecule has 0 atom stereocenters. The molecule has 3 aromatic rings. The number of carbonyl (C=O) groups is 1. The number of nitrogens with zero attached hydrogens (tertiary/aromatic N) is 4. The van der Waals surface area contributed by atoms with Crippen LogP contribution in [0.3, 0.4) is 0 Å². The summed E-state index contributed by atoms with van der Waals surface area (Å²) < 4.78 is 0. The number of benzene rings is 1. The van der Waals surface area contributed by atoms with Gasteiger partial charge in [0.25, 0.3) is 5.91 Å². The van der Waals surface area contributed by atoms with Gasteiger partial charge in [0.15, 0.2) is 0 Å². The summed E-state index contributed by atoms with van der Waals surface area (Å²) in [7, 11) is 0. The summed E-state index contributed by atoms with van der Waals surface area (Å²) in [4.78, 5) is 22.1. The van der Waals surface area contributed by atoms with E-state index in [0.29, 0.717) is 31.7 Å². The zero-order valence-electron chi connectivity index (χ0n) is 15.4. The van der Waals surface area contributed by atoms with Crippen molar-refractivity contribution in [2.75, 3.05) is 31.1 Å². The Balaban J connectivity index is 1.59. The SMILES string of the molecule is Cc1cc2cc(C#N)c(N3CCN(C(=O)c4cccs4)CC3)nc2cc1C. The second kappa shape index (κ2) is 7.01. The molecule has 0 saturated carbocycles. The fourth-order valence-corrected chi connectivity index (χ4v) is 4.12. The molecule has 0 unspecified atom stereocenters. The molecule has 0 aliphatic carbocycles. The molecule has 6 heteroatoms. The Morgan fingerprint density at radius 3 is 2.56 bits per heavy atom. The van der Waals surface area contributed by atoms with Gasteiger partial charge >= 0.3 is 0 Å². The molecule has 1 fully saturated rings. The van der Waals surface area contributed by atoms with Gasteiger partial charge in [-0.15, -0.1) is 11.3 Å². The molecule has 1 saturated heterocycles. The first kappa shape index (κ1) is 17.5. The highest BCUT2D eigenvalue weighted by Crippen LogP contribution is 2.26. The van der Waals surface area contributed by atoms with E-state index in [1.807, 2.05) is 28.5 Å². The van der Waals surface area contributed by atoms with Crippen LogP contribution in [0.15, 0.2) is 35.7 Å².